The lowest BCUT2D eigenvalue weighted by atomic mass is 9.63. The van der Waals surface area contributed by atoms with Crippen molar-refractivity contribution in [3.63, 3.8) is 0 Å². The molecular formula is C27H30BrN3O3+2. The maximum atomic E-state index is 14.3. The van der Waals surface area contributed by atoms with E-state index in [0.717, 1.165) is 35.4 Å². The summed E-state index contributed by atoms with van der Waals surface area (Å²) in [4.78, 5) is 43.4. The van der Waals surface area contributed by atoms with Crippen LogP contribution < -0.4 is 11.1 Å². The molecule has 2 aromatic carbocycles. The molecular weight excluding hydrogens is 494 g/mol. The Kier molecular flexibility index (Phi) is 5.43. The molecule has 4 unspecified atom stereocenters. The molecule has 176 valence electrons. The van der Waals surface area contributed by atoms with Crippen molar-refractivity contribution in [1.29, 1.82) is 0 Å². The summed E-state index contributed by atoms with van der Waals surface area (Å²) in [6.45, 7) is 6.28. The monoisotopic (exact) mass is 523 g/mol. The molecule has 1 saturated carbocycles. The Hall–Kier alpha value is -2.61. The van der Waals surface area contributed by atoms with E-state index in [1.165, 1.54) is 4.90 Å². The highest BCUT2D eigenvalue weighted by molar-refractivity contribution is 9.10. The average molecular weight is 524 g/mol. The van der Waals surface area contributed by atoms with Gasteiger partial charge in [0.1, 0.15) is 17.4 Å². The van der Waals surface area contributed by atoms with Gasteiger partial charge in [-0.3, -0.25) is 19.3 Å². The van der Waals surface area contributed by atoms with Crippen molar-refractivity contribution in [1.82, 2.24) is 4.90 Å². The molecule has 2 bridgehead atoms. The summed E-state index contributed by atoms with van der Waals surface area (Å²) in [5, 5.41) is 2.06. The zero-order valence-corrected chi connectivity index (χ0v) is 21.1. The molecule has 5 N–H and O–H groups in total. The number of carbonyl (C=O) groups excluding carboxylic acids is 3. The van der Waals surface area contributed by atoms with E-state index >= 15 is 0 Å². The maximum absolute atomic E-state index is 14.3. The number of rotatable bonds is 7. The number of carbonyl (C=O) groups is 3. The molecule has 2 amide bonds. The first-order chi connectivity index (χ1) is 16.3. The van der Waals surface area contributed by atoms with Gasteiger partial charge in [-0.05, 0) is 36.1 Å². The topological polar surface area (TPSA) is 98.7 Å². The van der Waals surface area contributed by atoms with Crippen molar-refractivity contribution < 1.29 is 25.4 Å². The van der Waals surface area contributed by atoms with E-state index in [1.807, 2.05) is 74.5 Å². The Morgan fingerprint density at radius 1 is 0.912 bits per heavy atom. The van der Waals surface area contributed by atoms with Crippen LogP contribution in [0.1, 0.15) is 25.0 Å². The third kappa shape index (κ3) is 2.66. The molecule has 3 aliphatic rings. The molecule has 6 nitrogen and oxygen atoms in total. The first-order valence-corrected chi connectivity index (χ1v) is 12.6. The van der Waals surface area contributed by atoms with Gasteiger partial charge in [-0.15, -0.1) is 0 Å². The van der Waals surface area contributed by atoms with E-state index in [-0.39, 0.29) is 17.6 Å². The van der Waals surface area contributed by atoms with Gasteiger partial charge in [-0.25, -0.2) is 0 Å². The number of hydrogen-bond acceptors (Lipinski definition) is 3. The molecule has 34 heavy (non-hydrogen) atoms. The van der Waals surface area contributed by atoms with E-state index in [4.69, 9.17) is 0 Å². The van der Waals surface area contributed by atoms with E-state index in [2.05, 4.69) is 27.0 Å². The average Bonchev–Trinajstić information content (AvgIpc) is 3.23. The fourth-order valence-electron chi connectivity index (χ4n) is 6.58. The van der Waals surface area contributed by atoms with Crippen LogP contribution in [-0.4, -0.2) is 53.0 Å². The number of ketones is 1. The second-order valence-electron chi connectivity index (χ2n) is 9.80. The van der Waals surface area contributed by atoms with Crippen LogP contribution in [0.4, 0.5) is 0 Å². The second-order valence-corrected chi connectivity index (χ2v) is 11.0. The molecule has 1 heterocycles. The van der Waals surface area contributed by atoms with Crippen LogP contribution in [0.15, 0.2) is 60.7 Å². The first-order valence-electron chi connectivity index (χ1n) is 11.8. The van der Waals surface area contributed by atoms with Gasteiger partial charge in [0.15, 0.2) is 5.78 Å². The van der Waals surface area contributed by atoms with Crippen molar-refractivity contribution in [3.8, 4) is 0 Å². The third-order valence-electron chi connectivity index (χ3n) is 8.06. The van der Waals surface area contributed by atoms with Gasteiger partial charge >= 0.3 is 0 Å². The highest BCUT2D eigenvalue weighted by Gasteiger charge is 2.85. The zero-order chi connectivity index (χ0) is 24.3. The molecule has 1 aliphatic heterocycles. The lowest BCUT2D eigenvalue weighted by molar-refractivity contribution is -0.669. The lowest BCUT2D eigenvalue weighted by Crippen LogP contribution is -2.89. The molecule has 7 heteroatoms. The van der Waals surface area contributed by atoms with E-state index < -0.39 is 21.1 Å². The van der Waals surface area contributed by atoms with Crippen LogP contribution in [0, 0.1) is 16.7 Å². The summed E-state index contributed by atoms with van der Waals surface area (Å²) in [6, 6.07) is 19.6. The molecule has 1 saturated heterocycles. The highest BCUT2D eigenvalue weighted by Crippen LogP contribution is 2.77. The van der Waals surface area contributed by atoms with E-state index in [9.17, 15) is 14.4 Å². The van der Waals surface area contributed by atoms with Gasteiger partial charge in [0, 0.05) is 0 Å². The SMILES string of the molecule is CC12C(=O)C(C)(C(c3ccccc3)=C1c1ccccc1)C1(Br)C(=O)N(CC[NH2+]CC[NH3+])C(=O)C21. The largest absolute Gasteiger partial charge is 0.353 e. The normalized spacial score (nSPS) is 32.2. The summed E-state index contributed by atoms with van der Waals surface area (Å²) in [6.07, 6.45) is 0. The molecule has 2 aliphatic carbocycles. The minimum Gasteiger partial charge on any atom is -0.353 e. The molecule has 5 rings (SSSR count). The van der Waals surface area contributed by atoms with Gasteiger partial charge in [-0.1, -0.05) is 76.6 Å². The van der Waals surface area contributed by atoms with Gasteiger partial charge in [-0.2, -0.15) is 0 Å². The fraction of sp³-hybridized carbons (Fsp3) is 0.370. The van der Waals surface area contributed by atoms with Crippen LogP contribution >= 0.6 is 15.9 Å². The number of hydrogen-bond donors (Lipinski definition) is 2. The summed E-state index contributed by atoms with van der Waals surface area (Å²) in [5.74, 6) is -1.42. The molecule has 4 atom stereocenters. The highest BCUT2D eigenvalue weighted by atomic mass is 79.9. The van der Waals surface area contributed by atoms with Crippen LogP contribution in [0.3, 0.4) is 0 Å². The first kappa shape index (κ1) is 23.1. The van der Waals surface area contributed by atoms with Gasteiger partial charge in [0.2, 0.25) is 11.8 Å². The Labute approximate surface area is 207 Å². The predicted molar refractivity (Wildman–Crippen MR) is 132 cm³/mol. The number of amides is 2. The third-order valence-corrected chi connectivity index (χ3v) is 9.65. The smallest absolute Gasteiger partial charge is 0.248 e. The number of nitrogens with two attached hydrogens (primary N) is 1. The number of allylic oxidation sites excluding steroid dienone is 2. The van der Waals surface area contributed by atoms with Crippen LogP contribution in [0.25, 0.3) is 11.1 Å². The van der Waals surface area contributed by atoms with Crippen LogP contribution in [-0.2, 0) is 14.4 Å². The second kappa shape index (κ2) is 7.97. The van der Waals surface area contributed by atoms with Gasteiger partial charge < -0.3 is 11.1 Å². The van der Waals surface area contributed by atoms with Crippen LogP contribution in [0.5, 0.6) is 0 Å². The quantitative estimate of drug-likeness (QED) is 0.323. The Morgan fingerprint density at radius 2 is 1.47 bits per heavy atom. The van der Waals surface area contributed by atoms with Crippen molar-refractivity contribution in [2.45, 2.75) is 18.2 Å². The Bertz CT molecular complexity index is 1210. The van der Waals surface area contributed by atoms with Gasteiger partial charge in [0.05, 0.1) is 29.8 Å². The van der Waals surface area contributed by atoms with Crippen molar-refractivity contribution in [3.05, 3.63) is 71.8 Å². The standard InChI is InChI=1S/C27H28BrN3O3/c1-25-19(17-9-5-3-6-10-17)20(18-11-7-4-8-12-18)26(2,23(25)33)27(28)21(25)22(32)31(24(27)34)16-15-30-14-13-29/h3-12,21,30H,13-16,29H2,1-2H3/p+2. The van der Waals surface area contributed by atoms with E-state index in [0.29, 0.717) is 13.1 Å². The Balaban J connectivity index is 1.73. The fourth-order valence-corrected chi connectivity index (χ4v) is 7.83. The lowest BCUT2D eigenvalue weighted by Gasteiger charge is -2.41. The number of likely N-dealkylation sites (tertiary alicyclic amines) is 1. The number of alkyl halides is 1. The van der Waals surface area contributed by atoms with Crippen molar-refractivity contribution in [2.75, 3.05) is 26.2 Å². The number of halogens is 1. The number of benzene rings is 2. The summed E-state index contributed by atoms with van der Waals surface area (Å²) >= 11 is 3.78. The van der Waals surface area contributed by atoms with Crippen molar-refractivity contribution in [2.24, 2.45) is 16.7 Å². The molecule has 2 fully saturated rings. The molecule has 0 radical (unpaired) electrons. The number of imide groups is 1. The minimum absolute atomic E-state index is 0.0652. The maximum Gasteiger partial charge on any atom is 0.248 e. The van der Waals surface area contributed by atoms with Crippen LogP contribution in [0.2, 0.25) is 0 Å². The minimum atomic E-state index is -1.31. The molecule has 0 spiro atoms. The van der Waals surface area contributed by atoms with Gasteiger partial charge in [0.25, 0.3) is 0 Å². The summed E-state index contributed by atoms with van der Waals surface area (Å²) in [7, 11) is 0. The van der Waals surface area contributed by atoms with E-state index in [1.54, 1.807) is 0 Å². The van der Waals surface area contributed by atoms with Crippen molar-refractivity contribution >= 4 is 44.7 Å². The number of quaternary nitrogens is 2. The summed E-state index contributed by atoms with van der Waals surface area (Å²) in [5.41, 5.74) is 5.05. The zero-order valence-electron chi connectivity index (χ0n) is 19.5. The molecule has 0 aromatic heterocycles. The summed E-state index contributed by atoms with van der Waals surface area (Å²) < 4.78 is -1.31. The predicted octanol–water partition coefficient (Wildman–Crippen LogP) is 1.13. The number of fused-ring (bicyclic) bond motifs is 5. The Morgan fingerprint density at radius 3 is 2.03 bits per heavy atom. The number of Topliss-reactive ketones (excluding diaryl/α,β-unsaturated/α-hetero) is 1. The molecule has 2 aromatic rings. The number of nitrogens with zero attached hydrogens (tertiary/aromatic N) is 1.